The zero-order chi connectivity index (χ0) is 12.2. The summed E-state index contributed by atoms with van der Waals surface area (Å²) >= 11 is 0. The van der Waals surface area contributed by atoms with E-state index in [9.17, 15) is 0 Å². The first-order chi connectivity index (χ1) is 8.93. The van der Waals surface area contributed by atoms with Crippen LogP contribution in [0.1, 0.15) is 31.4 Å². The normalized spacial score (nSPS) is 16.2. The Bertz CT molecular complexity index is 483. The number of hydrogen-bond acceptors (Lipinski definition) is 2. The fourth-order valence-corrected chi connectivity index (χ4v) is 2.69. The second-order valence-electron chi connectivity index (χ2n) is 4.94. The molecule has 3 heteroatoms. The van der Waals surface area contributed by atoms with Crippen LogP contribution in [0.4, 0.5) is 0 Å². The molecule has 1 aliphatic carbocycles. The van der Waals surface area contributed by atoms with E-state index < -0.39 is 0 Å². The van der Waals surface area contributed by atoms with E-state index in [0.717, 1.165) is 12.2 Å². The number of nitrogens with zero attached hydrogens (tertiary/aromatic N) is 2. The van der Waals surface area contributed by atoms with Crippen molar-refractivity contribution in [3.8, 4) is 5.69 Å². The lowest BCUT2D eigenvalue weighted by molar-refractivity contribution is 0.516. The molecule has 0 spiro atoms. The van der Waals surface area contributed by atoms with Gasteiger partial charge in [-0.25, -0.2) is 0 Å². The molecule has 0 aliphatic heterocycles. The summed E-state index contributed by atoms with van der Waals surface area (Å²) in [5.74, 6) is 0. The lowest BCUT2D eigenvalue weighted by atomic mass is 10.2. The number of hydrogen-bond donors (Lipinski definition) is 1. The maximum atomic E-state index is 4.18. The van der Waals surface area contributed by atoms with Crippen LogP contribution in [0.15, 0.2) is 42.9 Å². The maximum Gasteiger partial charge on any atom is 0.0636 e. The molecular weight excluding hydrogens is 222 g/mol. The van der Waals surface area contributed by atoms with E-state index in [-0.39, 0.29) is 0 Å². The van der Waals surface area contributed by atoms with Crippen molar-refractivity contribution in [2.75, 3.05) is 0 Å². The molecule has 1 aliphatic rings. The fourth-order valence-electron chi connectivity index (χ4n) is 2.69. The van der Waals surface area contributed by atoms with Crippen molar-refractivity contribution < 1.29 is 0 Å². The van der Waals surface area contributed by atoms with E-state index in [1.807, 2.05) is 18.5 Å². The van der Waals surface area contributed by atoms with Crippen LogP contribution in [0.5, 0.6) is 0 Å². The summed E-state index contributed by atoms with van der Waals surface area (Å²) in [5.41, 5.74) is 2.43. The minimum absolute atomic E-state index is 0.710. The van der Waals surface area contributed by atoms with E-state index in [2.05, 4.69) is 39.3 Å². The molecule has 0 unspecified atom stereocenters. The summed E-state index contributed by atoms with van der Waals surface area (Å²) in [6, 6.07) is 9.05. The van der Waals surface area contributed by atoms with Gasteiger partial charge in [0.15, 0.2) is 0 Å². The summed E-state index contributed by atoms with van der Waals surface area (Å²) in [5, 5.41) is 3.65. The van der Waals surface area contributed by atoms with Gasteiger partial charge in [0, 0.05) is 30.7 Å². The van der Waals surface area contributed by atoms with Crippen LogP contribution < -0.4 is 5.32 Å². The highest BCUT2D eigenvalue weighted by Crippen LogP contribution is 2.18. The minimum atomic E-state index is 0.710. The largest absolute Gasteiger partial charge is 0.318 e. The number of rotatable bonds is 4. The Morgan fingerprint density at radius 1 is 1.22 bits per heavy atom. The number of nitrogens with one attached hydrogen (secondary N) is 1. The van der Waals surface area contributed by atoms with Crippen molar-refractivity contribution >= 4 is 0 Å². The van der Waals surface area contributed by atoms with Gasteiger partial charge in [-0.1, -0.05) is 12.8 Å². The van der Waals surface area contributed by atoms with Crippen molar-refractivity contribution in [2.45, 2.75) is 38.3 Å². The monoisotopic (exact) mass is 241 g/mol. The molecule has 0 bridgehead atoms. The summed E-state index contributed by atoms with van der Waals surface area (Å²) in [4.78, 5) is 4.18. The molecule has 3 nitrogen and oxygen atoms in total. The smallest absolute Gasteiger partial charge is 0.0636 e. The highest BCUT2D eigenvalue weighted by atomic mass is 15.0. The molecule has 2 aromatic heterocycles. The zero-order valence-electron chi connectivity index (χ0n) is 10.5. The molecule has 0 saturated heterocycles. The summed E-state index contributed by atoms with van der Waals surface area (Å²) < 4.78 is 2.20. The van der Waals surface area contributed by atoms with Crippen LogP contribution in [0, 0.1) is 0 Å². The molecule has 1 saturated carbocycles. The molecule has 1 N–H and O–H groups in total. The van der Waals surface area contributed by atoms with Gasteiger partial charge in [-0.15, -0.1) is 0 Å². The first-order valence-electron chi connectivity index (χ1n) is 6.73. The molecule has 94 valence electrons. The van der Waals surface area contributed by atoms with Gasteiger partial charge in [0.2, 0.25) is 0 Å². The van der Waals surface area contributed by atoms with Crippen molar-refractivity contribution in [3.63, 3.8) is 0 Å². The number of aromatic nitrogens is 2. The van der Waals surface area contributed by atoms with Crippen LogP contribution in [0.3, 0.4) is 0 Å². The lowest BCUT2D eigenvalue weighted by Gasteiger charge is -2.14. The van der Waals surface area contributed by atoms with E-state index in [1.54, 1.807) is 0 Å². The first kappa shape index (κ1) is 11.5. The molecule has 18 heavy (non-hydrogen) atoms. The van der Waals surface area contributed by atoms with E-state index >= 15 is 0 Å². The summed E-state index contributed by atoms with van der Waals surface area (Å²) in [6.07, 6.45) is 11.2. The average molecular weight is 241 g/mol. The Morgan fingerprint density at radius 3 is 2.89 bits per heavy atom. The van der Waals surface area contributed by atoms with Gasteiger partial charge in [-0.05, 0) is 37.1 Å². The third-order valence-corrected chi connectivity index (χ3v) is 3.68. The summed E-state index contributed by atoms with van der Waals surface area (Å²) in [7, 11) is 0. The van der Waals surface area contributed by atoms with Crippen LogP contribution in [0.2, 0.25) is 0 Å². The third kappa shape index (κ3) is 2.46. The van der Waals surface area contributed by atoms with Gasteiger partial charge in [0.25, 0.3) is 0 Å². The second-order valence-corrected chi connectivity index (χ2v) is 4.94. The van der Waals surface area contributed by atoms with Crippen LogP contribution in [0.25, 0.3) is 5.69 Å². The molecule has 2 heterocycles. The summed E-state index contributed by atoms with van der Waals surface area (Å²) in [6.45, 7) is 0.937. The van der Waals surface area contributed by atoms with Crippen LogP contribution in [-0.2, 0) is 6.54 Å². The van der Waals surface area contributed by atoms with E-state index in [1.165, 1.54) is 31.4 Å². The molecule has 0 radical (unpaired) electrons. The van der Waals surface area contributed by atoms with Crippen molar-refractivity contribution in [1.29, 1.82) is 0 Å². The Labute approximate surface area is 108 Å². The van der Waals surface area contributed by atoms with Crippen LogP contribution >= 0.6 is 0 Å². The van der Waals surface area contributed by atoms with Gasteiger partial charge in [0.05, 0.1) is 11.9 Å². The average Bonchev–Trinajstić information content (AvgIpc) is 3.09. The Kier molecular flexibility index (Phi) is 3.42. The highest BCUT2D eigenvalue weighted by Gasteiger charge is 2.14. The zero-order valence-corrected chi connectivity index (χ0v) is 10.5. The lowest BCUT2D eigenvalue weighted by Crippen LogP contribution is -2.26. The van der Waals surface area contributed by atoms with Gasteiger partial charge in [-0.3, -0.25) is 4.98 Å². The predicted molar refractivity (Wildman–Crippen MR) is 72.7 cm³/mol. The molecule has 3 rings (SSSR count). The van der Waals surface area contributed by atoms with E-state index in [0.29, 0.717) is 6.04 Å². The minimum Gasteiger partial charge on any atom is -0.318 e. The Balaban J connectivity index is 1.71. The first-order valence-corrected chi connectivity index (χ1v) is 6.73. The van der Waals surface area contributed by atoms with Crippen molar-refractivity contribution in [1.82, 2.24) is 14.9 Å². The van der Waals surface area contributed by atoms with Gasteiger partial charge >= 0.3 is 0 Å². The second kappa shape index (κ2) is 5.36. The predicted octanol–water partition coefficient (Wildman–Crippen LogP) is 2.90. The van der Waals surface area contributed by atoms with Crippen molar-refractivity contribution in [2.24, 2.45) is 0 Å². The highest BCUT2D eigenvalue weighted by molar-refractivity contribution is 5.31. The van der Waals surface area contributed by atoms with Gasteiger partial charge in [-0.2, -0.15) is 0 Å². The molecule has 1 fully saturated rings. The molecule has 0 aromatic carbocycles. The van der Waals surface area contributed by atoms with Gasteiger partial charge in [0.1, 0.15) is 0 Å². The van der Waals surface area contributed by atoms with Crippen LogP contribution in [-0.4, -0.2) is 15.6 Å². The third-order valence-electron chi connectivity index (χ3n) is 3.68. The molecule has 2 aromatic rings. The van der Waals surface area contributed by atoms with Crippen molar-refractivity contribution in [3.05, 3.63) is 48.5 Å². The quantitative estimate of drug-likeness (QED) is 0.892. The SMILES string of the molecule is c1cncc(-n2cccc2CNC2CCCC2)c1. The van der Waals surface area contributed by atoms with Gasteiger partial charge < -0.3 is 9.88 Å². The Hall–Kier alpha value is -1.61. The fraction of sp³-hybridized carbons (Fsp3) is 0.400. The Morgan fingerprint density at radius 2 is 2.11 bits per heavy atom. The van der Waals surface area contributed by atoms with E-state index in [4.69, 9.17) is 0 Å². The molecule has 0 amide bonds. The standard InChI is InChI=1S/C15H19N3/c1-2-6-13(5-1)17-12-15-8-4-10-18(15)14-7-3-9-16-11-14/h3-4,7-11,13,17H,1-2,5-6,12H2. The maximum absolute atomic E-state index is 4.18. The topological polar surface area (TPSA) is 29.9 Å². The molecular formula is C15H19N3. The molecule has 0 atom stereocenters. The number of pyridine rings is 1.